The molecule has 0 atom stereocenters. The van der Waals surface area contributed by atoms with Crippen molar-refractivity contribution in [1.29, 1.82) is 0 Å². The van der Waals surface area contributed by atoms with Crippen LogP contribution in [0.25, 0.3) is 0 Å². The summed E-state index contributed by atoms with van der Waals surface area (Å²) in [6, 6.07) is 2.08. The van der Waals surface area contributed by atoms with Gasteiger partial charge in [0.2, 0.25) is 0 Å². The van der Waals surface area contributed by atoms with E-state index in [9.17, 15) is 18.0 Å². The molecule has 0 saturated heterocycles. The summed E-state index contributed by atoms with van der Waals surface area (Å²) in [7, 11) is 0. The molecule has 0 heterocycles. The first-order valence-electron chi connectivity index (χ1n) is 4.91. The summed E-state index contributed by atoms with van der Waals surface area (Å²) in [5, 5.41) is 0. The Labute approximate surface area is 96.4 Å². The predicted molar refractivity (Wildman–Crippen MR) is 57.0 cm³/mol. The van der Waals surface area contributed by atoms with Gasteiger partial charge in [0.25, 0.3) is 0 Å². The van der Waals surface area contributed by atoms with Crippen molar-refractivity contribution < 1.29 is 22.7 Å². The Balaban J connectivity index is 3.53. The van der Waals surface area contributed by atoms with E-state index in [1.54, 1.807) is 6.92 Å². The molecule has 3 nitrogen and oxygen atoms in total. The van der Waals surface area contributed by atoms with Gasteiger partial charge < -0.3 is 10.5 Å². The van der Waals surface area contributed by atoms with E-state index in [0.717, 1.165) is 19.1 Å². The highest BCUT2D eigenvalue weighted by Gasteiger charge is 2.38. The van der Waals surface area contributed by atoms with E-state index in [4.69, 9.17) is 10.5 Å². The van der Waals surface area contributed by atoms with Gasteiger partial charge in [0.05, 0.1) is 6.61 Å². The van der Waals surface area contributed by atoms with Crippen molar-refractivity contribution >= 4 is 11.5 Å². The molecule has 0 unspecified atom stereocenters. The van der Waals surface area contributed by atoms with Crippen LogP contribution in [0, 0.1) is 0 Å². The predicted octanol–water partition coefficient (Wildman–Crippen LogP) is 2.89. The largest absolute Gasteiger partial charge is 0.493 e. The van der Waals surface area contributed by atoms with Gasteiger partial charge in [-0.05, 0) is 19.9 Å². The van der Waals surface area contributed by atoms with Gasteiger partial charge in [0.1, 0.15) is 11.3 Å². The summed E-state index contributed by atoms with van der Waals surface area (Å²) in [6.45, 7) is 2.67. The Morgan fingerprint density at radius 1 is 1.41 bits per heavy atom. The number of ketones is 1. The number of alkyl halides is 3. The topological polar surface area (TPSA) is 52.3 Å². The number of nitrogen functional groups attached to an aromatic ring is 1. The third-order valence-corrected chi connectivity index (χ3v) is 2.09. The van der Waals surface area contributed by atoms with Crippen molar-refractivity contribution in [2.24, 2.45) is 0 Å². The zero-order valence-electron chi connectivity index (χ0n) is 9.39. The Hall–Kier alpha value is -1.72. The molecule has 17 heavy (non-hydrogen) atoms. The lowest BCUT2D eigenvalue weighted by molar-refractivity contribution is -0.139. The minimum absolute atomic E-state index is 0.0594. The maximum absolute atomic E-state index is 12.9. The number of hydrogen-bond acceptors (Lipinski definition) is 3. The van der Waals surface area contributed by atoms with Crippen LogP contribution in [0.5, 0.6) is 5.75 Å². The molecule has 1 rings (SSSR count). The minimum atomic E-state index is -4.65. The van der Waals surface area contributed by atoms with Gasteiger partial charge >= 0.3 is 6.18 Å². The summed E-state index contributed by atoms with van der Waals surface area (Å²) in [4.78, 5) is 11.2. The van der Waals surface area contributed by atoms with Gasteiger partial charge in [-0.25, -0.2) is 0 Å². The molecule has 0 bridgehead atoms. The maximum atomic E-state index is 12.9. The Morgan fingerprint density at radius 2 is 2.00 bits per heavy atom. The van der Waals surface area contributed by atoms with Crippen LogP contribution in [-0.4, -0.2) is 12.4 Å². The first-order valence-corrected chi connectivity index (χ1v) is 4.91. The summed E-state index contributed by atoms with van der Waals surface area (Å²) in [5.74, 6) is -1.12. The second-order valence-corrected chi connectivity index (χ2v) is 3.43. The van der Waals surface area contributed by atoms with Gasteiger partial charge in [-0.2, -0.15) is 13.2 Å². The zero-order chi connectivity index (χ0) is 13.2. The Kier molecular flexibility index (Phi) is 3.65. The van der Waals surface area contributed by atoms with Gasteiger partial charge in [0, 0.05) is 17.3 Å². The molecule has 0 saturated carbocycles. The van der Waals surface area contributed by atoms with Crippen molar-refractivity contribution in [3.05, 3.63) is 23.3 Å². The number of rotatable bonds is 3. The molecule has 6 heteroatoms. The second kappa shape index (κ2) is 4.65. The fourth-order valence-corrected chi connectivity index (χ4v) is 1.48. The van der Waals surface area contributed by atoms with E-state index in [1.165, 1.54) is 0 Å². The van der Waals surface area contributed by atoms with Crippen LogP contribution in [-0.2, 0) is 6.18 Å². The average molecular weight is 247 g/mol. The van der Waals surface area contributed by atoms with Crippen molar-refractivity contribution in [2.75, 3.05) is 12.3 Å². The smallest absolute Gasteiger partial charge is 0.420 e. The van der Waals surface area contributed by atoms with Crippen LogP contribution in [0.4, 0.5) is 18.9 Å². The lowest BCUT2D eigenvalue weighted by atomic mass is 10.0. The van der Waals surface area contributed by atoms with E-state index < -0.39 is 28.8 Å². The standard InChI is InChI=1S/C11H12F3NO2/c1-3-17-9-5-7(15)4-8(6(2)16)10(9)11(12,13)14/h4-5H,3,15H2,1-2H3. The van der Waals surface area contributed by atoms with Gasteiger partial charge in [-0.1, -0.05) is 0 Å². The highest BCUT2D eigenvalue weighted by atomic mass is 19.4. The van der Waals surface area contributed by atoms with Crippen LogP contribution >= 0.6 is 0 Å². The van der Waals surface area contributed by atoms with Crippen molar-refractivity contribution in [3.8, 4) is 5.75 Å². The van der Waals surface area contributed by atoms with Crippen LogP contribution in [0.2, 0.25) is 0 Å². The number of halogens is 3. The van der Waals surface area contributed by atoms with E-state index >= 15 is 0 Å². The zero-order valence-corrected chi connectivity index (χ0v) is 9.39. The Morgan fingerprint density at radius 3 is 2.41 bits per heavy atom. The number of Topliss-reactive ketones (excluding diaryl/α,β-unsaturated/α-hetero) is 1. The number of carbonyl (C=O) groups is 1. The molecule has 0 amide bonds. The number of hydrogen-bond donors (Lipinski definition) is 1. The van der Waals surface area contributed by atoms with Crippen LogP contribution < -0.4 is 10.5 Å². The first-order chi connectivity index (χ1) is 7.77. The summed E-state index contributed by atoms with van der Waals surface area (Å²) >= 11 is 0. The quantitative estimate of drug-likeness (QED) is 0.660. The first kappa shape index (κ1) is 13.3. The van der Waals surface area contributed by atoms with E-state index in [2.05, 4.69) is 0 Å². The van der Waals surface area contributed by atoms with E-state index in [0.29, 0.717) is 0 Å². The summed E-state index contributed by atoms with van der Waals surface area (Å²) < 4.78 is 43.4. The molecule has 1 aromatic rings. The number of nitrogens with two attached hydrogens (primary N) is 1. The SMILES string of the molecule is CCOc1cc(N)cc(C(C)=O)c1C(F)(F)F. The highest BCUT2D eigenvalue weighted by molar-refractivity contribution is 5.97. The molecule has 1 aromatic carbocycles. The molecule has 0 aromatic heterocycles. The van der Waals surface area contributed by atoms with Gasteiger partial charge in [-0.3, -0.25) is 4.79 Å². The van der Waals surface area contributed by atoms with Crippen molar-refractivity contribution in [3.63, 3.8) is 0 Å². The number of ether oxygens (including phenoxy) is 1. The maximum Gasteiger partial charge on any atom is 0.420 e. The normalized spacial score (nSPS) is 11.4. The molecule has 0 fully saturated rings. The number of benzene rings is 1. The number of carbonyl (C=O) groups excluding carboxylic acids is 1. The molecule has 94 valence electrons. The van der Waals surface area contributed by atoms with Crippen molar-refractivity contribution in [1.82, 2.24) is 0 Å². The average Bonchev–Trinajstić information content (AvgIpc) is 2.14. The molecule has 0 aliphatic heterocycles. The molecular formula is C11H12F3NO2. The molecular weight excluding hydrogens is 235 g/mol. The summed E-state index contributed by atoms with van der Waals surface area (Å²) in [5.41, 5.74) is 3.96. The van der Waals surface area contributed by atoms with Gasteiger partial charge in [0.15, 0.2) is 5.78 Å². The van der Waals surface area contributed by atoms with Crippen molar-refractivity contribution in [2.45, 2.75) is 20.0 Å². The minimum Gasteiger partial charge on any atom is -0.493 e. The number of anilines is 1. The third kappa shape index (κ3) is 2.89. The van der Waals surface area contributed by atoms with Crippen LogP contribution in [0.1, 0.15) is 29.8 Å². The molecule has 0 aliphatic carbocycles. The monoisotopic (exact) mass is 247 g/mol. The van der Waals surface area contributed by atoms with Crippen LogP contribution in [0.3, 0.4) is 0 Å². The fourth-order valence-electron chi connectivity index (χ4n) is 1.48. The second-order valence-electron chi connectivity index (χ2n) is 3.43. The van der Waals surface area contributed by atoms with E-state index in [-0.39, 0.29) is 12.3 Å². The third-order valence-electron chi connectivity index (χ3n) is 2.09. The van der Waals surface area contributed by atoms with Crippen LogP contribution in [0.15, 0.2) is 12.1 Å². The molecule has 0 aliphatic rings. The molecule has 2 N–H and O–H groups in total. The summed E-state index contributed by atoms with van der Waals surface area (Å²) in [6.07, 6.45) is -4.65. The highest BCUT2D eigenvalue weighted by Crippen LogP contribution is 2.40. The lowest BCUT2D eigenvalue weighted by Crippen LogP contribution is -2.15. The Bertz CT molecular complexity index is 441. The fraction of sp³-hybridized carbons (Fsp3) is 0.364. The molecule has 0 radical (unpaired) electrons. The van der Waals surface area contributed by atoms with E-state index in [1.807, 2.05) is 0 Å². The molecule has 0 spiro atoms. The van der Waals surface area contributed by atoms with Gasteiger partial charge in [-0.15, -0.1) is 0 Å². The lowest BCUT2D eigenvalue weighted by Gasteiger charge is -2.16.